The highest BCUT2D eigenvalue weighted by Crippen LogP contribution is 2.19. The van der Waals surface area contributed by atoms with E-state index in [1.54, 1.807) is 0 Å². The summed E-state index contributed by atoms with van der Waals surface area (Å²) in [6.45, 7) is 4.13. The van der Waals surface area contributed by atoms with Gasteiger partial charge in [0.05, 0.1) is 0 Å². The normalized spacial score (nSPS) is 27.1. The van der Waals surface area contributed by atoms with Crippen LogP contribution in [0.2, 0.25) is 0 Å². The van der Waals surface area contributed by atoms with Crippen LogP contribution in [-0.2, 0) is 0 Å². The quantitative estimate of drug-likeness (QED) is 0.498. The Hall–Kier alpha value is -1.04. The van der Waals surface area contributed by atoms with E-state index in [0.717, 1.165) is 0 Å². The summed E-state index contributed by atoms with van der Waals surface area (Å²) in [5, 5.41) is 0. The average molecular weight is 146 g/mol. The standard InChI is InChI=1S/C11H14/c1-3-7-11-9-6-5-8-10(11)4-2/h3-9,11H,1-2H3. The van der Waals surface area contributed by atoms with Gasteiger partial charge in [-0.2, -0.15) is 0 Å². The van der Waals surface area contributed by atoms with Crippen LogP contribution in [0.1, 0.15) is 13.8 Å². The average Bonchev–Trinajstić information content (AvgIpc) is 2.06. The van der Waals surface area contributed by atoms with Gasteiger partial charge < -0.3 is 0 Å². The maximum Gasteiger partial charge on any atom is 0.0198 e. The van der Waals surface area contributed by atoms with Crippen molar-refractivity contribution in [1.82, 2.24) is 0 Å². The number of hydrogen-bond acceptors (Lipinski definition) is 0. The minimum Gasteiger partial charge on any atom is -0.0907 e. The zero-order valence-electron chi connectivity index (χ0n) is 7.12. The van der Waals surface area contributed by atoms with E-state index < -0.39 is 0 Å². The maximum atomic E-state index is 2.20. The van der Waals surface area contributed by atoms with E-state index in [1.165, 1.54) is 5.57 Å². The molecule has 0 aliphatic heterocycles. The molecule has 0 aromatic carbocycles. The molecule has 0 aromatic heterocycles. The number of allylic oxidation sites excluding steroid dienone is 8. The maximum absolute atomic E-state index is 2.20. The fraction of sp³-hybridized carbons (Fsp3) is 0.273. The predicted octanol–water partition coefficient (Wildman–Crippen LogP) is 3.25. The highest BCUT2D eigenvalue weighted by Gasteiger charge is 2.04. The van der Waals surface area contributed by atoms with Gasteiger partial charge in [-0.25, -0.2) is 0 Å². The molecule has 1 aliphatic carbocycles. The fourth-order valence-corrected chi connectivity index (χ4v) is 1.24. The molecule has 0 N–H and O–H groups in total. The second-order valence-corrected chi connectivity index (χ2v) is 2.58. The lowest BCUT2D eigenvalue weighted by Gasteiger charge is -2.11. The summed E-state index contributed by atoms with van der Waals surface area (Å²) in [4.78, 5) is 0. The van der Waals surface area contributed by atoms with Gasteiger partial charge in [0.25, 0.3) is 0 Å². The Morgan fingerprint density at radius 1 is 1.27 bits per heavy atom. The Kier molecular flexibility index (Phi) is 2.91. The molecule has 0 nitrogen and oxygen atoms in total. The Morgan fingerprint density at radius 2 is 2.09 bits per heavy atom. The van der Waals surface area contributed by atoms with Crippen molar-refractivity contribution in [2.75, 3.05) is 0 Å². The Bertz CT molecular complexity index is 226. The van der Waals surface area contributed by atoms with Gasteiger partial charge in [-0.3, -0.25) is 0 Å². The lowest BCUT2D eigenvalue weighted by Crippen LogP contribution is -1.96. The molecule has 0 aromatic rings. The minimum absolute atomic E-state index is 0.495. The summed E-state index contributed by atoms with van der Waals surface area (Å²) in [7, 11) is 0. The molecule has 0 saturated heterocycles. The molecule has 0 heterocycles. The first-order chi connectivity index (χ1) is 5.38. The summed E-state index contributed by atoms with van der Waals surface area (Å²) in [6, 6.07) is 0. The van der Waals surface area contributed by atoms with Crippen LogP contribution in [0.25, 0.3) is 0 Å². The van der Waals surface area contributed by atoms with Crippen LogP contribution in [0.5, 0.6) is 0 Å². The zero-order valence-corrected chi connectivity index (χ0v) is 7.12. The topological polar surface area (TPSA) is 0 Å². The lowest BCUT2D eigenvalue weighted by atomic mass is 9.94. The molecule has 1 atom stereocenters. The van der Waals surface area contributed by atoms with E-state index in [0.29, 0.717) is 5.92 Å². The van der Waals surface area contributed by atoms with Gasteiger partial charge in [0, 0.05) is 5.92 Å². The van der Waals surface area contributed by atoms with E-state index in [-0.39, 0.29) is 0 Å². The molecule has 58 valence electrons. The SMILES string of the molecule is CC=CC1C=CC=CC1=CC. The van der Waals surface area contributed by atoms with Crippen LogP contribution in [0.15, 0.2) is 48.1 Å². The molecule has 0 fully saturated rings. The molecule has 1 rings (SSSR count). The van der Waals surface area contributed by atoms with Crippen LogP contribution in [-0.4, -0.2) is 0 Å². The van der Waals surface area contributed by atoms with Crippen molar-refractivity contribution in [2.45, 2.75) is 13.8 Å². The molecule has 0 saturated carbocycles. The van der Waals surface area contributed by atoms with Crippen LogP contribution >= 0.6 is 0 Å². The van der Waals surface area contributed by atoms with E-state index in [9.17, 15) is 0 Å². The summed E-state index contributed by atoms with van der Waals surface area (Å²) < 4.78 is 0. The van der Waals surface area contributed by atoms with Gasteiger partial charge >= 0.3 is 0 Å². The molecule has 1 unspecified atom stereocenters. The third kappa shape index (κ3) is 1.94. The monoisotopic (exact) mass is 146 g/mol. The van der Waals surface area contributed by atoms with Crippen molar-refractivity contribution in [3.8, 4) is 0 Å². The number of rotatable bonds is 1. The molecule has 0 radical (unpaired) electrons. The molecule has 0 spiro atoms. The Labute approximate surface area is 68.6 Å². The van der Waals surface area contributed by atoms with Crippen LogP contribution in [0.4, 0.5) is 0 Å². The molecule has 0 amide bonds. The number of hydrogen-bond donors (Lipinski definition) is 0. The van der Waals surface area contributed by atoms with Crippen molar-refractivity contribution in [3.63, 3.8) is 0 Å². The second-order valence-electron chi connectivity index (χ2n) is 2.58. The summed E-state index contributed by atoms with van der Waals surface area (Å²) in [5.74, 6) is 0.495. The first kappa shape index (κ1) is 8.06. The van der Waals surface area contributed by atoms with E-state index >= 15 is 0 Å². The van der Waals surface area contributed by atoms with E-state index in [2.05, 4.69) is 56.4 Å². The van der Waals surface area contributed by atoms with Crippen LogP contribution in [0, 0.1) is 5.92 Å². The van der Waals surface area contributed by atoms with Gasteiger partial charge in [0.15, 0.2) is 0 Å². The van der Waals surface area contributed by atoms with Crippen LogP contribution < -0.4 is 0 Å². The Morgan fingerprint density at radius 3 is 2.73 bits per heavy atom. The van der Waals surface area contributed by atoms with Crippen molar-refractivity contribution in [3.05, 3.63) is 48.1 Å². The van der Waals surface area contributed by atoms with Crippen molar-refractivity contribution >= 4 is 0 Å². The zero-order chi connectivity index (χ0) is 8.10. The van der Waals surface area contributed by atoms with E-state index in [4.69, 9.17) is 0 Å². The molecule has 0 heteroatoms. The van der Waals surface area contributed by atoms with Gasteiger partial charge in [-0.1, -0.05) is 42.5 Å². The highest BCUT2D eigenvalue weighted by molar-refractivity contribution is 5.35. The van der Waals surface area contributed by atoms with Crippen molar-refractivity contribution in [2.24, 2.45) is 5.92 Å². The van der Waals surface area contributed by atoms with E-state index in [1.807, 2.05) is 0 Å². The largest absolute Gasteiger partial charge is 0.0907 e. The summed E-state index contributed by atoms with van der Waals surface area (Å²) >= 11 is 0. The molecular formula is C11H14. The first-order valence-corrected chi connectivity index (χ1v) is 4.02. The third-order valence-electron chi connectivity index (χ3n) is 1.84. The predicted molar refractivity (Wildman–Crippen MR) is 50.3 cm³/mol. The lowest BCUT2D eigenvalue weighted by molar-refractivity contribution is 0.987. The van der Waals surface area contributed by atoms with Gasteiger partial charge in [0.2, 0.25) is 0 Å². The third-order valence-corrected chi connectivity index (χ3v) is 1.84. The molecule has 0 bridgehead atoms. The highest BCUT2D eigenvalue weighted by atomic mass is 14.1. The summed E-state index contributed by atoms with van der Waals surface area (Å²) in [6.07, 6.45) is 15.0. The molecule has 1 aliphatic rings. The Balaban J connectivity index is 2.79. The molecule has 11 heavy (non-hydrogen) atoms. The van der Waals surface area contributed by atoms with Crippen molar-refractivity contribution < 1.29 is 0 Å². The van der Waals surface area contributed by atoms with Crippen LogP contribution in [0.3, 0.4) is 0 Å². The second kappa shape index (κ2) is 3.97. The van der Waals surface area contributed by atoms with Gasteiger partial charge in [-0.05, 0) is 19.4 Å². The van der Waals surface area contributed by atoms with Gasteiger partial charge in [0.1, 0.15) is 0 Å². The van der Waals surface area contributed by atoms with Crippen molar-refractivity contribution in [1.29, 1.82) is 0 Å². The molecular weight excluding hydrogens is 132 g/mol. The first-order valence-electron chi connectivity index (χ1n) is 4.02. The fourth-order valence-electron chi connectivity index (χ4n) is 1.24. The minimum atomic E-state index is 0.495. The van der Waals surface area contributed by atoms with Gasteiger partial charge in [-0.15, -0.1) is 0 Å². The summed E-state index contributed by atoms with van der Waals surface area (Å²) in [5.41, 5.74) is 1.38. The smallest absolute Gasteiger partial charge is 0.0198 e.